The number of hydrogen-bond donors (Lipinski definition) is 0. The maximum absolute atomic E-state index is 12.7. The van der Waals surface area contributed by atoms with Crippen LogP contribution in [0.25, 0.3) is 0 Å². The van der Waals surface area contributed by atoms with E-state index in [-0.39, 0.29) is 11.9 Å². The molecular weight excluding hydrogens is 288 g/mol. The monoisotopic (exact) mass is 312 g/mol. The average Bonchev–Trinajstić information content (AvgIpc) is 2.62. The highest BCUT2D eigenvalue weighted by Gasteiger charge is 2.23. The topological polar surface area (TPSA) is 59.0 Å². The summed E-state index contributed by atoms with van der Waals surface area (Å²) in [5.41, 5.74) is 1.58. The highest BCUT2D eigenvalue weighted by atomic mass is 16.2. The van der Waals surface area contributed by atoms with Crippen LogP contribution in [-0.2, 0) is 6.42 Å². The van der Waals surface area contributed by atoms with Crippen molar-refractivity contribution >= 4 is 5.91 Å². The highest BCUT2D eigenvalue weighted by Crippen LogP contribution is 2.26. The van der Waals surface area contributed by atoms with Crippen LogP contribution in [0.3, 0.4) is 0 Å². The summed E-state index contributed by atoms with van der Waals surface area (Å²) < 4.78 is 0. The maximum atomic E-state index is 12.7. The molecule has 0 spiro atoms. The zero-order valence-corrected chi connectivity index (χ0v) is 14.1. The molecule has 5 nitrogen and oxygen atoms in total. The summed E-state index contributed by atoms with van der Waals surface area (Å²) in [7, 11) is 1.84. The lowest BCUT2D eigenvalue weighted by molar-refractivity contribution is 0.0719. The van der Waals surface area contributed by atoms with E-state index in [1.807, 2.05) is 32.3 Å². The van der Waals surface area contributed by atoms with Gasteiger partial charge < -0.3 is 4.90 Å². The summed E-state index contributed by atoms with van der Waals surface area (Å²) in [5, 5.41) is 0. The molecule has 0 aromatic carbocycles. The van der Waals surface area contributed by atoms with Gasteiger partial charge in [0.1, 0.15) is 5.82 Å². The number of carbonyl (C=O) groups excluding carboxylic acids is 1. The molecule has 0 saturated heterocycles. The van der Waals surface area contributed by atoms with E-state index in [0.29, 0.717) is 5.56 Å². The van der Waals surface area contributed by atoms with E-state index in [1.54, 1.807) is 23.5 Å². The molecule has 2 aromatic rings. The van der Waals surface area contributed by atoms with Crippen molar-refractivity contribution in [3.05, 3.63) is 53.9 Å². The van der Waals surface area contributed by atoms with Gasteiger partial charge in [0.05, 0.1) is 11.6 Å². The van der Waals surface area contributed by atoms with Crippen LogP contribution in [-0.4, -0.2) is 32.8 Å². The van der Waals surface area contributed by atoms with Gasteiger partial charge in [0.15, 0.2) is 0 Å². The normalized spacial score (nSPS) is 12.0. The Morgan fingerprint density at radius 2 is 1.96 bits per heavy atom. The van der Waals surface area contributed by atoms with Crippen LogP contribution in [0.15, 0.2) is 36.9 Å². The predicted molar refractivity (Wildman–Crippen MR) is 90.0 cm³/mol. The molecule has 0 aliphatic rings. The molecule has 0 aliphatic carbocycles. The van der Waals surface area contributed by atoms with E-state index in [2.05, 4.69) is 21.9 Å². The Morgan fingerprint density at radius 3 is 2.52 bits per heavy atom. The number of hydrogen-bond acceptors (Lipinski definition) is 4. The first kappa shape index (κ1) is 17.1. The molecule has 2 aromatic heterocycles. The summed E-state index contributed by atoms with van der Waals surface area (Å²) in [6, 6.07) is 3.95. The van der Waals surface area contributed by atoms with Gasteiger partial charge in [0.25, 0.3) is 5.91 Å². The largest absolute Gasteiger partial charge is 0.335 e. The van der Waals surface area contributed by atoms with Crippen molar-refractivity contribution in [1.82, 2.24) is 19.9 Å². The van der Waals surface area contributed by atoms with Gasteiger partial charge in [0.2, 0.25) is 0 Å². The Kier molecular flexibility index (Phi) is 6.20. The van der Waals surface area contributed by atoms with Gasteiger partial charge in [-0.1, -0.05) is 32.8 Å². The van der Waals surface area contributed by atoms with Crippen molar-refractivity contribution in [2.24, 2.45) is 0 Å². The third-order valence-corrected chi connectivity index (χ3v) is 3.96. The highest BCUT2D eigenvalue weighted by molar-refractivity contribution is 5.93. The van der Waals surface area contributed by atoms with E-state index >= 15 is 0 Å². The molecule has 0 unspecified atom stereocenters. The Bertz CT molecular complexity index is 613. The Morgan fingerprint density at radius 1 is 1.22 bits per heavy atom. The lowest BCUT2D eigenvalue weighted by Crippen LogP contribution is -2.31. The fourth-order valence-corrected chi connectivity index (χ4v) is 2.55. The number of aryl methyl sites for hydroxylation is 1. The molecule has 0 fully saturated rings. The summed E-state index contributed by atoms with van der Waals surface area (Å²) in [5.74, 6) is 0.691. The minimum absolute atomic E-state index is 0.0157. The van der Waals surface area contributed by atoms with Crippen LogP contribution in [0.1, 0.15) is 60.9 Å². The number of amides is 1. The minimum Gasteiger partial charge on any atom is -0.335 e. The van der Waals surface area contributed by atoms with Crippen LogP contribution in [0.5, 0.6) is 0 Å². The third-order valence-electron chi connectivity index (χ3n) is 3.96. The second-order valence-corrected chi connectivity index (χ2v) is 5.60. The number of aromatic nitrogens is 3. The van der Waals surface area contributed by atoms with Crippen LogP contribution in [0.4, 0.5) is 0 Å². The Labute approximate surface area is 137 Å². The van der Waals surface area contributed by atoms with Gasteiger partial charge in [-0.3, -0.25) is 9.78 Å². The van der Waals surface area contributed by atoms with Crippen molar-refractivity contribution in [3.8, 4) is 0 Å². The van der Waals surface area contributed by atoms with E-state index in [4.69, 9.17) is 0 Å². The molecule has 1 atom stereocenters. The molecule has 0 N–H and O–H groups in total. The summed E-state index contributed by atoms with van der Waals surface area (Å²) >= 11 is 0. The number of nitrogens with zero attached hydrogens (tertiary/aromatic N) is 4. The first-order chi connectivity index (χ1) is 11.2. The standard InChI is InChI=1S/C18H24N4O/c1-4-6-9-16(14-8-7-10-19-11-14)22(3)18(23)15-12-20-17(5-2)21-13-15/h7-8,10-13,16H,4-6,9H2,1-3H3/t16-/m0/s1. The molecule has 23 heavy (non-hydrogen) atoms. The fourth-order valence-electron chi connectivity index (χ4n) is 2.55. The van der Waals surface area contributed by atoms with E-state index in [0.717, 1.165) is 37.1 Å². The number of pyridine rings is 1. The van der Waals surface area contributed by atoms with Gasteiger partial charge in [0, 0.05) is 38.3 Å². The molecular formula is C18H24N4O. The number of rotatable bonds is 7. The Hall–Kier alpha value is -2.30. The van der Waals surface area contributed by atoms with Gasteiger partial charge in [-0.25, -0.2) is 9.97 Å². The first-order valence-corrected chi connectivity index (χ1v) is 8.15. The van der Waals surface area contributed by atoms with Gasteiger partial charge >= 0.3 is 0 Å². The smallest absolute Gasteiger partial charge is 0.257 e. The van der Waals surface area contributed by atoms with Crippen LogP contribution >= 0.6 is 0 Å². The van der Waals surface area contributed by atoms with Crippen molar-refractivity contribution in [1.29, 1.82) is 0 Å². The molecule has 0 aliphatic heterocycles. The summed E-state index contributed by atoms with van der Waals surface area (Å²) in [4.78, 5) is 27.2. The third kappa shape index (κ3) is 4.34. The number of carbonyl (C=O) groups is 1. The van der Waals surface area contributed by atoms with Crippen LogP contribution in [0.2, 0.25) is 0 Å². The van der Waals surface area contributed by atoms with Crippen LogP contribution in [0, 0.1) is 0 Å². The molecule has 122 valence electrons. The lowest BCUT2D eigenvalue weighted by Gasteiger charge is -2.28. The van der Waals surface area contributed by atoms with Gasteiger partial charge in [-0.15, -0.1) is 0 Å². The second-order valence-electron chi connectivity index (χ2n) is 5.60. The van der Waals surface area contributed by atoms with Crippen LogP contribution < -0.4 is 0 Å². The molecule has 2 heterocycles. The van der Waals surface area contributed by atoms with Crippen molar-refractivity contribution < 1.29 is 4.79 Å². The van der Waals surface area contributed by atoms with Crippen molar-refractivity contribution in [2.45, 2.75) is 45.6 Å². The van der Waals surface area contributed by atoms with E-state index in [9.17, 15) is 4.79 Å². The second kappa shape index (κ2) is 8.36. The molecule has 2 rings (SSSR count). The molecule has 5 heteroatoms. The fraction of sp³-hybridized carbons (Fsp3) is 0.444. The van der Waals surface area contributed by atoms with Gasteiger partial charge in [-0.2, -0.15) is 0 Å². The summed E-state index contributed by atoms with van der Waals surface area (Å²) in [6.07, 6.45) is 10.6. The Balaban J connectivity index is 2.21. The van der Waals surface area contributed by atoms with E-state index < -0.39 is 0 Å². The first-order valence-electron chi connectivity index (χ1n) is 8.15. The minimum atomic E-state index is -0.0578. The molecule has 0 bridgehead atoms. The van der Waals surface area contributed by atoms with Crippen molar-refractivity contribution in [3.63, 3.8) is 0 Å². The van der Waals surface area contributed by atoms with Gasteiger partial charge in [-0.05, 0) is 18.1 Å². The lowest BCUT2D eigenvalue weighted by atomic mass is 10.0. The van der Waals surface area contributed by atoms with Crippen molar-refractivity contribution in [2.75, 3.05) is 7.05 Å². The maximum Gasteiger partial charge on any atom is 0.257 e. The predicted octanol–water partition coefficient (Wildman–Crippen LogP) is 3.44. The zero-order valence-electron chi connectivity index (χ0n) is 14.1. The molecule has 0 radical (unpaired) electrons. The quantitative estimate of drug-likeness (QED) is 0.786. The number of unbranched alkanes of at least 4 members (excludes halogenated alkanes) is 1. The van der Waals surface area contributed by atoms with E-state index in [1.165, 1.54) is 0 Å². The summed E-state index contributed by atoms with van der Waals surface area (Å²) in [6.45, 7) is 4.14. The SMILES string of the molecule is CCCC[C@@H](c1cccnc1)N(C)C(=O)c1cnc(CC)nc1. The molecule has 1 amide bonds. The zero-order chi connectivity index (χ0) is 16.7. The average molecular weight is 312 g/mol. The molecule has 0 saturated carbocycles.